The third kappa shape index (κ3) is 9.90. The van der Waals surface area contributed by atoms with Crippen LogP contribution in [0.2, 0.25) is 0 Å². The van der Waals surface area contributed by atoms with Crippen molar-refractivity contribution < 1.29 is 12.7 Å². The highest BCUT2D eigenvalue weighted by Gasteiger charge is 2.17. The topological polar surface area (TPSA) is 79.5 Å². The van der Waals surface area contributed by atoms with E-state index in [1.165, 1.54) is 69.9 Å². The van der Waals surface area contributed by atoms with E-state index in [4.69, 9.17) is 4.28 Å². The molecule has 0 aliphatic rings. The molecule has 34 heavy (non-hydrogen) atoms. The summed E-state index contributed by atoms with van der Waals surface area (Å²) in [5.74, 6) is 0. The first-order valence-electron chi connectivity index (χ1n) is 12.1. The van der Waals surface area contributed by atoms with Crippen LogP contribution in [-0.2, 0) is 20.8 Å². The van der Waals surface area contributed by atoms with Gasteiger partial charge < -0.3 is 0 Å². The molecule has 0 aromatic heterocycles. The molecule has 0 atom stereocenters. The van der Waals surface area contributed by atoms with Gasteiger partial charge in [0.25, 0.3) is 0 Å². The maximum absolute atomic E-state index is 12.5. The number of hydrogen-bond acceptors (Lipinski definition) is 6. The highest BCUT2D eigenvalue weighted by molar-refractivity contribution is 7.98. The van der Waals surface area contributed by atoms with E-state index in [9.17, 15) is 13.7 Å². The first-order chi connectivity index (χ1) is 16.5. The maximum atomic E-state index is 12.5. The Hall–Kier alpha value is -2.30. The SMILES string of the molecule is CCCCCCCCCCCCc1ccc(S(=O)(=O)O/N=C(\C#N)c2ccc(SC)cc2)cc1. The van der Waals surface area contributed by atoms with E-state index < -0.39 is 10.1 Å². The zero-order valence-corrected chi connectivity index (χ0v) is 22.0. The summed E-state index contributed by atoms with van der Waals surface area (Å²) in [6, 6.07) is 15.7. The lowest BCUT2D eigenvalue weighted by atomic mass is 10.0. The van der Waals surface area contributed by atoms with Crippen molar-refractivity contribution in [2.24, 2.45) is 5.16 Å². The van der Waals surface area contributed by atoms with Gasteiger partial charge in [-0.3, -0.25) is 4.28 Å². The first kappa shape index (κ1) is 27.9. The summed E-state index contributed by atoms with van der Waals surface area (Å²) in [6.45, 7) is 2.24. The third-order valence-corrected chi connectivity index (χ3v) is 7.59. The zero-order chi connectivity index (χ0) is 24.7. The van der Waals surface area contributed by atoms with Crippen LogP contribution in [0.5, 0.6) is 0 Å². The average molecular weight is 501 g/mol. The Kier molecular flexibility index (Phi) is 12.8. The number of hydrogen-bond donors (Lipinski definition) is 0. The van der Waals surface area contributed by atoms with Gasteiger partial charge in [-0.25, -0.2) is 0 Å². The molecule has 2 rings (SSSR count). The van der Waals surface area contributed by atoms with Crippen molar-refractivity contribution in [2.45, 2.75) is 87.3 Å². The monoisotopic (exact) mass is 500 g/mol. The van der Waals surface area contributed by atoms with Gasteiger partial charge >= 0.3 is 10.1 Å². The molecule has 0 radical (unpaired) electrons. The number of oxime groups is 1. The van der Waals surface area contributed by atoms with Crippen LogP contribution in [0.1, 0.15) is 82.3 Å². The third-order valence-electron chi connectivity index (χ3n) is 5.73. The molecule has 2 aromatic rings. The number of nitriles is 1. The summed E-state index contributed by atoms with van der Waals surface area (Å²) in [6.07, 6.45) is 15.8. The van der Waals surface area contributed by atoms with Crippen molar-refractivity contribution in [1.29, 1.82) is 5.26 Å². The molecule has 0 heterocycles. The largest absolute Gasteiger partial charge is 0.358 e. The Morgan fingerprint density at radius 2 is 1.44 bits per heavy atom. The number of thioether (sulfide) groups is 1. The molecule has 0 fully saturated rings. The average Bonchev–Trinajstić information content (AvgIpc) is 2.86. The van der Waals surface area contributed by atoms with Gasteiger partial charge in [0.1, 0.15) is 11.0 Å². The molecule has 5 nitrogen and oxygen atoms in total. The molecule has 0 unspecified atom stereocenters. The van der Waals surface area contributed by atoms with E-state index in [0.29, 0.717) is 5.56 Å². The van der Waals surface area contributed by atoms with E-state index in [1.54, 1.807) is 23.9 Å². The lowest BCUT2D eigenvalue weighted by Gasteiger charge is -2.06. The fourth-order valence-corrected chi connectivity index (χ4v) is 4.79. The Bertz CT molecular complexity index is 1030. The second kappa shape index (κ2) is 15.6. The van der Waals surface area contributed by atoms with Crippen LogP contribution in [-0.4, -0.2) is 20.4 Å². The number of aryl methyl sites for hydroxylation is 1. The number of unbranched alkanes of at least 4 members (excludes halogenated alkanes) is 9. The molecule has 0 bridgehead atoms. The molecule has 184 valence electrons. The molecule has 0 N–H and O–H groups in total. The molecular formula is C27H36N2O3S2. The van der Waals surface area contributed by atoms with E-state index in [0.717, 1.165) is 23.3 Å². The second-order valence-electron chi connectivity index (χ2n) is 8.38. The maximum Gasteiger partial charge on any atom is 0.358 e. The van der Waals surface area contributed by atoms with Crippen LogP contribution in [0.15, 0.2) is 63.5 Å². The van der Waals surface area contributed by atoms with Crippen molar-refractivity contribution in [3.8, 4) is 6.07 Å². The molecule has 0 aliphatic heterocycles. The highest BCUT2D eigenvalue weighted by Crippen LogP contribution is 2.18. The van der Waals surface area contributed by atoms with Crippen LogP contribution >= 0.6 is 11.8 Å². The van der Waals surface area contributed by atoms with Crippen LogP contribution in [0.4, 0.5) is 0 Å². The van der Waals surface area contributed by atoms with Gasteiger partial charge in [-0.1, -0.05) is 94.1 Å². The summed E-state index contributed by atoms with van der Waals surface area (Å²) in [5.41, 5.74) is 1.52. The van der Waals surface area contributed by atoms with Gasteiger partial charge in [-0.2, -0.15) is 13.7 Å². The summed E-state index contributed by atoms with van der Waals surface area (Å²) >= 11 is 1.57. The Morgan fingerprint density at radius 3 is 1.97 bits per heavy atom. The fraction of sp³-hybridized carbons (Fsp3) is 0.481. The van der Waals surface area contributed by atoms with E-state index >= 15 is 0 Å². The molecule has 0 spiro atoms. The minimum atomic E-state index is -4.09. The molecular weight excluding hydrogens is 464 g/mol. The molecule has 2 aromatic carbocycles. The summed E-state index contributed by atoms with van der Waals surface area (Å²) in [4.78, 5) is 1.06. The van der Waals surface area contributed by atoms with Crippen molar-refractivity contribution in [1.82, 2.24) is 0 Å². The minimum Gasteiger partial charge on any atom is -0.263 e. The first-order valence-corrected chi connectivity index (χ1v) is 14.8. The Balaban J connectivity index is 1.79. The number of nitrogens with zero attached hydrogens (tertiary/aromatic N) is 2. The standard InChI is InChI=1S/C27H36N2O3S2/c1-3-4-5-6-7-8-9-10-11-12-13-23-14-20-26(21-15-23)34(30,31)32-29-27(22-28)24-16-18-25(33-2)19-17-24/h14-21H,3-13H2,1-2H3/b29-27+. The predicted molar refractivity (Wildman–Crippen MR) is 141 cm³/mol. The summed E-state index contributed by atoms with van der Waals surface area (Å²) in [7, 11) is -4.09. The van der Waals surface area contributed by atoms with Gasteiger partial charge in [-0.05, 0) is 48.9 Å². The quantitative estimate of drug-likeness (QED) is 0.103. The molecule has 0 saturated carbocycles. The predicted octanol–water partition coefficient (Wildman–Crippen LogP) is 7.51. The second-order valence-corrected chi connectivity index (χ2v) is 10.8. The van der Waals surface area contributed by atoms with Crippen LogP contribution in [0.3, 0.4) is 0 Å². The Morgan fingerprint density at radius 1 is 0.882 bits per heavy atom. The van der Waals surface area contributed by atoms with Crippen molar-refractivity contribution in [2.75, 3.05) is 6.26 Å². The lowest BCUT2D eigenvalue weighted by molar-refractivity contribution is 0.339. The van der Waals surface area contributed by atoms with Gasteiger partial charge in [-0.15, -0.1) is 11.8 Å². The minimum absolute atomic E-state index is 0.0260. The van der Waals surface area contributed by atoms with Crippen molar-refractivity contribution in [3.05, 3.63) is 59.7 Å². The lowest BCUT2D eigenvalue weighted by Crippen LogP contribution is -2.06. The molecule has 0 aliphatic carbocycles. The van der Waals surface area contributed by atoms with Crippen molar-refractivity contribution >= 4 is 27.6 Å². The van der Waals surface area contributed by atoms with E-state index in [-0.39, 0.29) is 10.6 Å². The number of benzene rings is 2. The molecule has 7 heteroatoms. The summed E-state index contributed by atoms with van der Waals surface area (Å²) in [5, 5.41) is 12.9. The molecule has 0 saturated heterocycles. The van der Waals surface area contributed by atoms with Gasteiger partial charge in [0, 0.05) is 10.5 Å². The highest BCUT2D eigenvalue weighted by atomic mass is 32.2. The van der Waals surface area contributed by atoms with Gasteiger partial charge in [0.15, 0.2) is 5.71 Å². The van der Waals surface area contributed by atoms with Crippen LogP contribution in [0, 0.1) is 11.3 Å². The van der Waals surface area contributed by atoms with Gasteiger partial charge in [0.2, 0.25) is 0 Å². The van der Waals surface area contributed by atoms with Crippen LogP contribution < -0.4 is 0 Å². The van der Waals surface area contributed by atoms with Gasteiger partial charge in [0.05, 0.1) is 0 Å². The van der Waals surface area contributed by atoms with E-state index in [2.05, 4.69) is 12.1 Å². The fourth-order valence-electron chi connectivity index (χ4n) is 3.66. The molecule has 0 amide bonds. The normalized spacial score (nSPS) is 11.9. The smallest absolute Gasteiger partial charge is 0.263 e. The van der Waals surface area contributed by atoms with Crippen molar-refractivity contribution in [3.63, 3.8) is 0 Å². The Labute approximate surface area is 209 Å². The van der Waals surface area contributed by atoms with E-state index in [1.807, 2.05) is 36.6 Å². The number of rotatable bonds is 16. The summed E-state index contributed by atoms with van der Waals surface area (Å²) < 4.78 is 29.8. The van der Waals surface area contributed by atoms with Crippen LogP contribution in [0.25, 0.3) is 0 Å². The zero-order valence-electron chi connectivity index (χ0n) is 20.3.